The second-order valence-corrected chi connectivity index (χ2v) is 9.32. The lowest BCUT2D eigenvalue weighted by Gasteiger charge is -2.37. The van der Waals surface area contributed by atoms with E-state index in [4.69, 9.17) is 0 Å². The van der Waals surface area contributed by atoms with Gasteiger partial charge in [0.15, 0.2) is 0 Å². The lowest BCUT2D eigenvalue weighted by atomic mass is 9.81. The predicted octanol–water partition coefficient (Wildman–Crippen LogP) is 3.49. The molecule has 2 aromatic rings. The van der Waals surface area contributed by atoms with E-state index in [0.29, 0.717) is 17.9 Å². The van der Waals surface area contributed by atoms with Crippen LogP contribution in [0.2, 0.25) is 0 Å². The molecule has 28 heavy (non-hydrogen) atoms. The molecule has 0 radical (unpaired) electrons. The standard InChI is InChI=1S/C22H30N4OS/c1-15-5-7-17(8-6-15)20-12-23-25-22(20)18-4-3-11-26(13-18)14-19-9-10-21(28-19)24-16(2)27/h5-10,18,20,22-23,25H,3-4,11-14H2,1-2H3,(H,24,27). The molecule has 0 aliphatic carbocycles. The molecule has 150 valence electrons. The maximum absolute atomic E-state index is 11.2. The topological polar surface area (TPSA) is 56.4 Å². The minimum absolute atomic E-state index is 0.00612. The molecule has 3 N–H and O–H groups in total. The van der Waals surface area contributed by atoms with Crippen LogP contribution < -0.4 is 16.2 Å². The summed E-state index contributed by atoms with van der Waals surface area (Å²) in [6.45, 7) is 7.94. The number of hydrazine groups is 1. The second-order valence-electron chi connectivity index (χ2n) is 8.15. The Kier molecular flexibility index (Phi) is 6.11. The summed E-state index contributed by atoms with van der Waals surface area (Å²) in [5.41, 5.74) is 9.74. The number of nitrogens with one attached hydrogen (secondary N) is 3. The van der Waals surface area contributed by atoms with Crippen molar-refractivity contribution in [1.82, 2.24) is 15.8 Å². The fourth-order valence-electron chi connectivity index (χ4n) is 4.55. The highest BCUT2D eigenvalue weighted by atomic mass is 32.1. The second kappa shape index (κ2) is 8.74. The molecule has 0 saturated carbocycles. The highest BCUT2D eigenvalue weighted by Gasteiger charge is 2.36. The normalized spacial score (nSPS) is 25.7. The zero-order chi connectivity index (χ0) is 19.5. The summed E-state index contributed by atoms with van der Waals surface area (Å²) in [5, 5.41) is 3.83. The highest BCUT2D eigenvalue weighted by Crippen LogP contribution is 2.33. The summed E-state index contributed by atoms with van der Waals surface area (Å²) < 4.78 is 0. The first-order valence-electron chi connectivity index (χ1n) is 10.2. The van der Waals surface area contributed by atoms with Gasteiger partial charge in [-0.05, 0) is 49.9 Å². The van der Waals surface area contributed by atoms with Crippen molar-refractivity contribution in [1.29, 1.82) is 0 Å². The predicted molar refractivity (Wildman–Crippen MR) is 115 cm³/mol. The van der Waals surface area contributed by atoms with Crippen LogP contribution in [0.5, 0.6) is 0 Å². The van der Waals surface area contributed by atoms with Crippen molar-refractivity contribution in [2.24, 2.45) is 5.92 Å². The van der Waals surface area contributed by atoms with Gasteiger partial charge in [0, 0.05) is 43.4 Å². The molecular formula is C22H30N4OS. The van der Waals surface area contributed by atoms with E-state index in [2.05, 4.69) is 58.3 Å². The number of aryl methyl sites for hydroxylation is 1. The number of piperidine rings is 1. The molecule has 1 aromatic carbocycles. The van der Waals surface area contributed by atoms with Crippen LogP contribution in [0.3, 0.4) is 0 Å². The molecule has 2 aliphatic rings. The van der Waals surface area contributed by atoms with Crippen molar-refractivity contribution >= 4 is 22.2 Å². The average Bonchev–Trinajstić information content (AvgIpc) is 3.32. The Morgan fingerprint density at radius 3 is 2.86 bits per heavy atom. The van der Waals surface area contributed by atoms with Crippen LogP contribution in [0.1, 0.15) is 41.7 Å². The summed E-state index contributed by atoms with van der Waals surface area (Å²) in [7, 11) is 0. The Morgan fingerprint density at radius 2 is 2.07 bits per heavy atom. The largest absolute Gasteiger partial charge is 0.318 e. The van der Waals surface area contributed by atoms with E-state index >= 15 is 0 Å². The smallest absolute Gasteiger partial charge is 0.221 e. The Hall–Kier alpha value is -1.73. The van der Waals surface area contributed by atoms with Gasteiger partial charge >= 0.3 is 0 Å². The van der Waals surface area contributed by atoms with Crippen LogP contribution in [0.15, 0.2) is 36.4 Å². The molecule has 6 heteroatoms. The molecule has 5 nitrogen and oxygen atoms in total. The third kappa shape index (κ3) is 4.63. The van der Waals surface area contributed by atoms with Crippen molar-refractivity contribution < 1.29 is 4.79 Å². The summed E-state index contributed by atoms with van der Waals surface area (Å²) in [6.07, 6.45) is 2.52. The highest BCUT2D eigenvalue weighted by molar-refractivity contribution is 7.16. The number of hydrogen-bond donors (Lipinski definition) is 3. The molecule has 3 unspecified atom stereocenters. The first kappa shape index (κ1) is 19.6. The molecule has 0 spiro atoms. The number of rotatable bonds is 5. The third-order valence-corrected chi connectivity index (χ3v) is 6.91. The van der Waals surface area contributed by atoms with Crippen LogP contribution >= 0.6 is 11.3 Å². The number of carbonyl (C=O) groups excluding carboxylic acids is 1. The number of amides is 1. The number of likely N-dealkylation sites (tertiary alicyclic amines) is 1. The van der Waals surface area contributed by atoms with Crippen LogP contribution in [0.25, 0.3) is 0 Å². The van der Waals surface area contributed by atoms with Crippen LogP contribution in [-0.2, 0) is 11.3 Å². The Balaban J connectivity index is 1.39. The molecule has 1 amide bonds. The number of hydrogen-bond acceptors (Lipinski definition) is 5. The zero-order valence-electron chi connectivity index (χ0n) is 16.7. The van der Waals surface area contributed by atoms with Crippen LogP contribution in [0.4, 0.5) is 5.00 Å². The van der Waals surface area contributed by atoms with Crippen LogP contribution in [0, 0.1) is 12.8 Å². The maximum Gasteiger partial charge on any atom is 0.221 e. The summed E-state index contributed by atoms with van der Waals surface area (Å²) in [4.78, 5) is 15.1. The van der Waals surface area contributed by atoms with Gasteiger partial charge in [0.25, 0.3) is 0 Å². The minimum Gasteiger partial charge on any atom is -0.318 e. The molecule has 3 heterocycles. The van der Waals surface area contributed by atoms with Crippen molar-refractivity contribution in [2.45, 2.75) is 45.2 Å². The molecule has 2 fully saturated rings. The summed E-state index contributed by atoms with van der Waals surface area (Å²) in [6, 6.07) is 13.7. The lowest BCUT2D eigenvalue weighted by Crippen LogP contribution is -2.46. The first-order valence-corrected chi connectivity index (χ1v) is 11.0. The van der Waals surface area contributed by atoms with Gasteiger partial charge in [-0.2, -0.15) is 0 Å². The third-order valence-electron chi connectivity index (χ3n) is 5.92. The molecule has 3 atom stereocenters. The van der Waals surface area contributed by atoms with E-state index in [-0.39, 0.29) is 5.91 Å². The van der Waals surface area contributed by atoms with E-state index in [1.165, 1.54) is 28.8 Å². The summed E-state index contributed by atoms with van der Waals surface area (Å²) >= 11 is 1.69. The maximum atomic E-state index is 11.2. The lowest BCUT2D eigenvalue weighted by molar-refractivity contribution is -0.114. The van der Waals surface area contributed by atoms with Gasteiger partial charge in [-0.1, -0.05) is 29.8 Å². The fraction of sp³-hybridized carbons (Fsp3) is 0.500. The van der Waals surface area contributed by atoms with Gasteiger partial charge in [-0.15, -0.1) is 11.3 Å². The first-order chi connectivity index (χ1) is 13.6. The van der Waals surface area contributed by atoms with Gasteiger partial charge in [-0.25, -0.2) is 0 Å². The van der Waals surface area contributed by atoms with Crippen molar-refractivity contribution in [3.63, 3.8) is 0 Å². The molecular weight excluding hydrogens is 368 g/mol. The van der Waals surface area contributed by atoms with Gasteiger partial charge in [0.05, 0.1) is 5.00 Å². The van der Waals surface area contributed by atoms with E-state index in [1.807, 2.05) is 6.07 Å². The monoisotopic (exact) mass is 398 g/mol. The van der Waals surface area contributed by atoms with E-state index in [0.717, 1.165) is 31.2 Å². The number of anilines is 1. The number of benzene rings is 1. The number of carbonyl (C=O) groups is 1. The SMILES string of the molecule is CC(=O)Nc1ccc(CN2CCCC(C3NNCC3c3ccc(C)cc3)C2)s1. The van der Waals surface area contributed by atoms with Gasteiger partial charge in [0.2, 0.25) is 5.91 Å². The van der Waals surface area contributed by atoms with Gasteiger partial charge in [-0.3, -0.25) is 20.5 Å². The fourth-order valence-corrected chi connectivity index (χ4v) is 5.55. The van der Waals surface area contributed by atoms with E-state index in [1.54, 1.807) is 18.3 Å². The van der Waals surface area contributed by atoms with E-state index in [9.17, 15) is 4.79 Å². The molecule has 4 rings (SSSR count). The minimum atomic E-state index is -0.00612. The Labute approximate surface area is 171 Å². The Bertz CT molecular complexity index is 803. The number of nitrogens with zero attached hydrogens (tertiary/aromatic N) is 1. The summed E-state index contributed by atoms with van der Waals surface area (Å²) in [5.74, 6) is 1.16. The molecule has 1 aromatic heterocycles. The van der Waals surface area contributed by atoms with Gasteiger partial charge in [0.1, 0.15) is 0 Å². The quantitative estimate of drug-likeness (QED) is 0.722. The molecule has 2 aliphatic heterocycles. The molecule has 0 bridgehead atoms. The molecule has 2 saturated heterocycles. The number of thiophene rings is 1. The Morgan fingerprint density at radius 1 is 1.25 bits per heavy atom. The van der Waals surface area contributed by atoms with E-state index < -0.39 is 0 Å². The van der Waals surface area contributed by atoms with Crippen molar-refractivity contribution in [3.05, 3.63) is 52.4 Å². The van der Waals surface area contributed by atoms with Crippen molar-refractivity contribution in [2.75, 3.05) is 25.0 Å². The van der Waals surface area contributed by atoms with Crippen LogP contribution in [-0.4, -0.2) is 36.5 Å². The zero-order valence-corrected chi connectivity index (χ0v) is 17.5. The van der Waals surface area contributed by atoms with Crippen molar-refractivity contribution in [3.8, 4) is 0 Å². The average molecular weight is 399 g/mol. The van der Waals surface area contributed by atoms with Gasteiger partial charge < -0.3 is 5.32 Å².